The van der Waals surface area contributed by atoms with Gasteiger partial charge in [-0.2, -0.15) is 8.42 Å². The SMILES string of the molecule is CS(=O)(=O)OC[C@H]1CCCCCCCCCCC12SCCCS2. The third kappa shape index (κ3) is 7.17. The lowest BCUT2D eigenvalue weighted by molar-refractivity contribution is 0.226. The van der Waals surface area contributed by atoms with Crippen molar-refractivity contribution in [3.63, 3.8) is 0 Å². The van der Waals surface area contributed by atoms with E-state index >= 15 is 0 Å². The molecule has 0 aromatic rings. The van der Waals surface area contributed by atoms with Crippen molar-refractivity contribution in [1.82, 2.24) is 0 Å². The summed E-state index contributed by atoms with van der Waals surface area (Å²) in [6.07, 6.45) is 15.3. The molecule has 1 heterocycles. The number of thioether (sulfide) groups is 2. The Bertz CT molecular complexity index is 430. The molecule has 2 rings (SSSR count). The molecule has 0 radical (unpaired) electrons. The second kappa shape index (κ2) is 9.93. The molecule has 2 aliphatic rings. The van der Waals surface area contributed by atoms with E-state index in [4.69, 9.17) is 4.18 Å². The van der Waals surface area contributed by atoms with Crippen LogP contribution in [0.4, 0.5) is 0 Å². The van der Waals surface area contributed by atoms with Crippen molar-refractivity contribution in [3.8, 4) is 0 Å². The summed E-state index contributed by atoms with van der Waals surface area (Å²) in [5, 5.41) is 0. The second-order valence-corrected chi connectivity index (χ2v) is 11.7. The topological polar surface area (TPSA) is 43.4 Å². The summed E-state index contributed by atoms with van der Waals surface area (Å²) in [6.45, 7) is 0.374. The molecule has 1 saturated heterocycles. The molecule has 0 aromatic heterocycles. The van der Waals surface area contributed by atoms with Crippen molar-refractivity contribution in [2.75, 3.05) is 24.4 Å². The fourth-order valence-electron chi connectivity index (χ4n) is 3.63. The van der Waals surface area contributed by atoms with Gasteiger partial charge in [0.05, 0.1) is 16.9 Å². The second-order valence-electron chi connectivity index (χ2n) is 6.91. The predicted octanol–water partition coefficient (Wildman–Crippen LogP) is 5.06. The summed E-state index contributed by atoms with van der Waals surface area (Å²) < 4.78 is 28.4. The first-order valence-corrected chi connectivity index (χ1v) is 12.9. The van der Waals surface area contributed by atoms with Crippen LogP contribution in [-0.2, 0) is 14.3 Å². The zero-order valence-electron chi connectivity index (χ0n) is 14.4. The minimum absolute atomic E-state index is 0.183. The largest absolute Gasteiger partial charge is 0.270 e. The van der Waals surface area contributed by atoms with E-state index in [-0.39, 0.29) is 4.08 Å². The zero-order valence-corrected chi connectivity index (χ0v) is 16.9. The van der Waals surface area contributed by atoms with E-state index in [1.54, 1.807) is 0 Å². The third-order valence-electron chi connectivity index (χ3n) is 4.91. The molecule has 0 unspecified atom stereocenters. The lowest BCUT2D eigenvalue weighted by atomic mass is 9.92. The molecule has 1 spiro atoms. The Morgan fingerprint density at radius 3 is 2.09 bits per heavy atom. The zero-order chi connectivity index (χ0) is 16.6. The molecule has 136 valence electrons. The average molecular weight is 381 g/mol. The predicted molar refractivity (Wildman–Crippen MR) is 103 cm³/mol. The molecule has 0 aromatic carbocycles. The molecule has 1 saturated carbocycles. The van der Waals surface area contributed by atoms with Crippen LogP contribution in [0.2, 0.25) is 0 Å². The van der Waals surface area contributed by atoms with Crippen molar-refractivity contribution in [2.45, 2.75) is 74.7 Å². The summed E-state index contributed by atoms with van der Waals surface area (Å²) in [5.41, 5.74) is 0. The quantitative estimate of drug-likeness (QED) is 0.640. The van der Waals surface area contributed by atoms with Crippen LogP contribution in [-0.4, -0.2) is 36.9 Å². The van der Waals surface area contributed by atoms with Crippen molar-refractivity contribution < 1.29 is 12.6 Å². The molecular formula is C17H32O3S3. The van der Waals surface area contributed by atoms with E-state index in [0.29, 0.717) is 12.5 Å². The first-order valence-electron chi connectivity index (χ1n) is 9.14. The maximum atomic E-state index is 11.5. The van der Waals surface area contributed by atoms with Gasteiger partial charge in [0.15, 0.2) is 0 Å². The Labute approximate surface area is 151 Å². The maximum Gasteiger partial charge on any atom is 0.264 e. The summed E-state index contributed by atoms with van der Waals surface area (Å²) >= 11 is 4.17. The molecule has 6 heteroatoms. The molecule has 0 bridgehead atoms. The minimum atomic E-state index is -3.35. The van der Waals surface area contributed by atoms with E-state index in [1.807, 2.05) is 0 Å². The normalized spacial score (nSPS) is 28.0. The molecule has 1 aliphatic heterocycles. The van der Waals surface area contributed by atoms with Crippen LogP contribution in [0.1, 0.15) is 70.6 Å². The highest BCUT2D eigenvalue weighted by Gasteiger charge is 2.41. The van der Waals surface area contributed by atoms with Crippen LogP contribution in [0, 0.1) is 5.92 Å². The van der Waals surface area contributed by atoms with Crippen LogP contribution >= 0.6 is 23.5 Å². The monoisotopic (exact) mass is 380 g/mol. The molecular weight excluding hydrogens is 348 g/mol. The molecule has 3 nitrogen and oxygen atoms in total. The van der Waals surface area contributed by atoms with Crippen molar-refractivity contribution >= 4 is 33.6 Å². The van der Waals surface area contributed by atoms with Crippen molar-refractivity contribution in [2.24, 2.45) is 5.92 Å². The van der Waals surface area contributed by atoms with Gasteiger partial charge in [-0.05, 0) is 30.8 Å². The average Bonchev–Trinajstić information content (AvgIpc) is 2.50. The Balaban J connectivity index is 2.08. The first-order chi connectivity index (χ1) is 11.0. The van der Waals surface area contributed by atoms with Gasteiger partial charge in [0.2, 0.25) is 0 Å². The minimum Gasteiger partial charge on any atom is -0.270 e. The summed E-state index contributed by atoms with van der Waals surface area (Å²) in [5.74, 6) is 2.78. The van der Waals surface area contributed by atoms with Gasteiger partial charge in [0.1, 0.15) is 0 Å². The van der Waals surface area contributed by atoms with E-state index in [1.165, 1.54) is 82.0 Å². The molecule has 1 atom stereocenters. The summed E-state index contributed by atoms with van der Waals surface area (Å²) in [4.78, 5) is 0. The van der Waals surface area contributed by atoms with Gasteiger partial charge >= 0.3 is 0 Å². The third-order valence-corrected chi connectivity index (χ3v) is 9.22. The van der Waals surface area contributed by atoms with Gasteiger partial charge in [-0.3, -0.25) is 4.18 Å². The van der Waals surface area contributed by atoms with Crippen LogP contribution < -0.4 is 0 Å². The van der Waals surface area contributed by atoms with Crippen LogP contribution in [0.5, 0.6) is 0 Å². The molecule has 2 fully saturated rings. The standard InChI is InChI=1S/C17H32O3S3/c1-23(18,19)20-15-16-11-8-6-4-2-3-5-7-9-12-17(16)21-13-10-14-22-17/h16H,2-15H2,1H3/t16-/m1/s1. The van der Waals surface area contributed by atoms with Crippen LogP contribution in [0.15, 0.2) is 0 Å². The lowest BCUT2D eigenvalue weighted by Crippen LogP contribution is -2.38. The van der Waals surface area contributed by atoms with E-state index in [9.17, 15) is 8.42 Å². The first kappa shape index (κ1) is 19.9. The van der Waals surface area contributed by atoms with Crippen LogP contribution in [0.3, 0.4) is 0 Å². The Morgan fingerprint density at radius 1 is 0.913 bits per heavy atom. The van der Waals surface area contributed by atoms with Gasteiger partial charge in [0.25, 0.3) is 10.1 Å². The smallest absolute Gasteiger partial charge is 0.264 e. The van der Waals surface area contributed by atoms with E-state index < -0.39 is 10.1 Å². The van der Waals surface area contributed by atoms with E-state index in [0.717, 1.165) is 6.42 Å². The molecule has 0 N–H and O–H groups in total. The lowest BCUT2D eigenvalue weighted by Gasteiger charge is -2.42. The van der Waals surface area contributed by atoms with Crippen LogP contribution in [0.25, 0.3) is 0 Å². The van der Waals surface area contributed by atoms with Gasteiger partial charge in [0, 0.05) is 5.92 Å². The fraction of sp³-hybridized carbons (Fsp3) is 1.00. The highest BCUT2D eigenvalue weighted by Crippen LogP contribution is 2.52. The molecule has 1 aliphatic carbocycles. The van der Waals surface area contributed by atoms with Gasteiger partial charge in [-0.15, -0.1) is 23.5 Å². The van der Waals surface area contributed by atoms with Crippen molar-refractivity contribution in [3.05, 3.63) is 0 Å². The summed E-state index contributed by atoms with van der Waals surface area (Å²) in [6, 6.07) is 0. The van der Waals surface area contributed by atoms with Gasteiger partial charge in [-0.25, -0.2) is 0 Å². The Hall–Kier alpha value is 0.610. The number of rotatable bonds is 3. The molecule has 23 heavy (non-hydrogen) atoms. The maximum absolute atomic E-state index is 11.5. The van der Waals surface area contributed by atoms with E-state index in [2.05, 4.69) is 23.5 Å². The number of hydrogen-bond acceptors (Lipinski definition) is 5. The van der Waals surface area contributed by atoms with Crippen molar-refractivity contribution in [1.29, 1.82) is 0 Å². The Kier molecular flexibility index (Phi) is 8.60. The highest BCUT2D eigenvalue weighted by atomic mass is 32.2. The highest BCUT2D eigenvalue weighted by molar-refractivity contribution is 8.18. The van der Waals surface area contributed by atoms with Gasteiger partial charge < -0.3 is 0 Å². The molecule has 0 amide bonds. The fourth-order valence-corrected chi connectivity index (χ4v) is 7.75. The summed E-state index contributed by atoms with van der Waals surface area (Å²) in [7, 11) is -3.35. The van der Waals surface area contributed by atoms with Gasteiger partial charge in [-0.1, -0.05) is 51.4 Å². The Morgan fingerprint density at radius 2 is 1.48 bits per heavy atom. The number of hydrogen-bond donors (Lipinski definition) is 0.